The van der Waals surface area contributed by atoms with Gasteiger partial charge in [-0.15, -0.1) is 0 Å². The van der Waals surface area contributed by atoms with Gasteiger partial charge in [-0.2, -0.15) is 0 Å². The molecule has 50 valence electrons. The third-order valence-electron chi connectivity index (χ3n) is 0.393. The van der Waals surface area contributed by atoms with Crippen LogP contribution in [0.25, 0.3) is 0 Å². The van der Waals surface area contributed by atoms with E-state index in [4.69, 9.17) is 0 Å². The van der Waals surface area contributed by atoms with Gasteiger partial charge in [-0.05, 0) is 4.53 Å². The molecule has 0 aromatic heterocycles. The van der Waals surface area contributed by atoms with Gasteiger partial charge in [-0.25, -0.2) is 8.18 Å². The maximum atomic E-state index is 11.0. The Morgan fingerprint density at radius 1 is 1.75 bits per heavy atom. The summed E-state index contributed by atoms with van der Waals surface area (Å²) < 4.78 is 31.7. The zero-order valence-corrected chi connectivity index (χ0v) is 6.32. The lowest BCUT2D eigenvalue weighted by Gasteiger charge is -2.01. The Morgan fingerprint density at radius 2 is 2.25 bits per heavy atom. The fourth-order valence-corrected chi connectivity index (χ4v) is 0.690. The molecular formula is CH3BrFO4P. The molecule has 0 radical (unpaired) electrons. The van der Waals surface area contributed by atoms with Crippen molar-refractivity contribution >= 4 is 24.1 Å². The van der Waals surface area contributed by atoms with Crippen LogP contribution < -0.4 is 0 Å². The van der Waals surface area contributed by atoms with Gasteiger partial charge in [0.05, 0.1) is 0 Å². The number of hydrogen-bond donors (Lipinski definition) is 0. The smallest absolute Gasteiger partial charge is 0.288 e. The first kappa shape index (κ1) is 8.52. The zero-order chi connectivity index (χ0) is 6.62. The summed E-state index contributed by atoms with van der Waals surface area (Å²) in [7, 11) is -2.92. The summed E-state index contributed by atoms with van der Waals surface area (Å²) in [6, 6.07) is 0. The molecule has 0 N–H and O–H groups in total. The van der Waals surface area contributed by atoms with E-state index in [1.807, 2.05) is 0 Å². The van der Waals surface area contributed by atoms with E-state index in [0.717, 1.165) is 7.11 Å². The van der Waals surface area contributed by atoms with Gasteiger partial charge in [0.2, 0.25) is 0 Å². The molecule has 0 saturated carbocycles. The van der Waals surface area contributed by atoms with Crippen molar-refractivity contribution in [2.24, 2.45) is 0 Å². The van der Waals surface area contributed by atoms with E-state index in [9.17, 15) is 9.09 Å². The maximum Gasteiger partial charge on any atom is 0.516 e. The maximum absolute atomic E-state index is 11.0. The minimum atomic E-state index is -3.91. The van der Waals surface area contributed by atoms with Crippen molar-refractivity contribution in [1.29, 1.82) is 0 Å². The average molecular weight is 209 g/mol. The molecule has 0 aliphatic carbocycles. The monoisotopic (exact) mass is 208 g/mol. The van der Waals surface area contributed by atoms with Crippen molar-refractivity contribution in [1.82, 2.24) is 0 Å². The molecule has 0 aliphatic heterocycles. The topological polar surface area (TPSA) is 44.8 Å². The molecule has 0 fully saturated rings. The summed E-state index contributed by atoms with van der Waals surface area (Å²) in [6.45, 7) is 0. The van der Waals surface area contributed by atoms with Crippen LogP contribution in [0.5, 0.6) is 0 Å². The number of hydrogen-bond acceptors (Lipinski definition) is 4. The Bertz CT molecular complexity index is 87.2. The first-order valence-electron chi connectivity index (χ1n) is 1.45. The summed E-state index contributed by atoms with van der Waals surface area (Å²) in [6.07, 6.45) is 0. The molecule has 0 bridgehead atoms. The van der Waals surface area contributed by atoms with Crippen molar-refractivity contribution in [2.45, 2.75) is 0 Å². The van der Waals surface area contributed by atoms with Crippen LogP contribution in [0.4, 0.5) is 4.53 Å². The first-order chi connectivity index (χ1) is 3.68. The van der Waals surface area contributed by atoms with E-state index in [1.54, 1.807) is 0 Å². The Morgan fingerprint density at radius 3 is 2.25 bits per heavy atom. The fraction of sp³-hybridized carbons (Fsp3) is 1.00. The molecule has 0 aromatic rings. The number of rotatable bonds is 3. The average Bonchev–Trinajstić information content (AvgIpc) is 1.87. The Labute approximate surface area is 53.9 Å². The van der Waals surface area contributed by atoms with E-state index in [-0.39, 0.29) is 0 Å². The van der Waals surface area contributed by atoms with Crippen molar-refractivity contribution in [3.05, 3.63) is 0 Å². The fourth-order valence-electron chi connectivity index (χ4n) is 0.0670. The molecule has 0 spiro atoms. The third-order valence-corrected chi connectivity index (χ3v) is 2.24. The summed E-state index contributed by atoms with van der Waals surface area (Å²) in [5, 5.41) is 0. The van der Waals surface area contributed by atoms with E-state index >= 15 is 0 Å². The molecule has 0 aliphatic rings. The lowest BCUT2D eigenvalue weighted by molar-refractivity contribution is -0.0382. The van der Waals surface area contributed by atoms with E-state index in [2.05, 4.69) is 29.1 Å². The third kappa shape index (κ3) is 2.19. The molecule has 0 amide bonds. The Hall–Kier alpha value is 0.520. The van der Waals surface area contributed by atoms with Crippen LogP contribution in [-0.4, -0.2) is 7.11 Å². The second kappa shape index (κ2) is 3.53. The first-order valence-corrected chi connectivity index (χ1v) is 3.56. The van der Waals surface area contributed by atoms with Crippen LogP contribution >= 0.6 is 24.1 Å². The van der Waals surface area contributed by atoms with Crippen molar-refractivity contribution in [3.8, 4) is 0 Å². The summed E-state index contributed by atoms with van der Waals surface area (Å²) in [5.41, 5.74) is 0. The molecule has 0 rings (SSSR count). The van der Waals surface area contributed by atoms with Crippen molar-refractivity contribution in [3.63, 3.8) is 0 Å². The highest BCUT2D eigenvalue weighted by Gasteiger charge is 2.24. The predicted octanol–water partition coefficient (Wildman–Crippen LogP) is 1.97. The van der Waals surface area contributed by atoms with Crippen molar-refractivity contribution in [2.75, 3.05) is 7.11 Å². The van der Waals surface area contributed by atoms with Crippen LogP contribution in [0.2, 0.25) is 0 Å². The van der Waals surface area contributed by atoms with Gasteiger partial charge in [0.15, 0.2) is 0 Å². The van der Waals surface area contributed by atoms with Gasteiger partial charge >= 0.3 is 7.82 Å². The van der Waals surface area contributed by atoms with Crippen LogP contribution in [-0.2, 0) is 17.4 Å². The second-order valence-electron chi connectivity index (χ2n) is 0.768. The Kier molecular flexibility index (Phi) is 3.76. The largest absolute Gasteiger partial charge is 0.516 e. The number of phosphoric acid groups is 1. The lowest BCUT2D eigenvalue weighted by Crippen LogP contribution is -1.82. The van der Waals surface area contributed by atoms with Crippen LogP contribution in [0.3, 0.4) is 0 Å². The van der Waals surface area contributed by atoms with E-state index < -0.39 is 7.82 Å². The van der Waals surface area contributed by atoms with Gasteiger partial charge < -0.3 is 0 Å². The molecule has 1 unspecified atom stereocenters. The lowest BCUT2D eigenvalue weighted by atomic mass is 11.8. The van der Waals surface area contributed by atoms with E-state index in [0.29, 0.717) is 0 Å². The molecule has 4 nitrogen and oxygen atoms in total. The van der Waals surface area contributed by atoms with Gasteiger partial charge in [0, 0.05) is 7.11 Å². The summed E-state index contributed by atoms with van der Waals surface area (Å²) in [5.74, 6) is 0. The summed E-state index contributed by atoms with van der Waals surface area (Å²) in [4.78, 5) is 0. The quantitative estimate of drug-likeness (QED) is 0.666. The highest BCUT2D eigenvalue weighted by atomic mass is 79.9. The molecule has 0 heterocycles. The Balaban J connectivity index is 3.79. The zero-order valence-electron chi connectivity index (χ0n) is 3.84. The van der Waals surface area contributed by atoms with Crippen molar-refractivity contribution < 1.29 is 22.0 Å². The van der Waals surface area contributed by atoms with Crippen LogP contribution in [0.15, 0.2) is 0 Å². The van der Waals surface area contributed by atoms with Crippen LogP contribution in [0.1, 0.15) is 0 Å². The second-order valence-corrected chi connectivity index (χ2v) is 3.17. The standard InChI is InChI=1S/CH3BrFO4P/c1-5-8(4,6-2)7-3/h1H3. The summed E-state index contributed by atoms with van der Waals surface area (Å²) >= 11 is 2.24. The van der Waals surface area contributed by atoms with Gasteiger partial charge in [-0.3, -0.25) is 4.52 Å². The molecule has 1 atom stereocenters. The predicted molar refractivity (Wildman–Crippen MR) is 26.8 cm³/mol. The van der Waals surface area contributed by atoms with E-state index in [1.165, 1.54) is 0 Å². The minimum Gasteiger partial charge on any atom is -0.288 e. The van der Waals surface area contributed by atoms with Crippen LogP contribution in [0, 0.1) is 0 Å². The van der Waals surface area contributed by atoms with Gasteiger partial charge in [0.1, 0.15) is 16.3 Å². The SMILES string of the molecule is COP(=O)(OF)OBr. The molecule has 0 saturated heterocycles. The van der Waals surface area contributed by atoms with Gasteiger partial charge in [-0.1, -0.05) is 4.73 Å². The molecule has 0 aromatic carbocycles. The molecular weight excluding hydrogens is 206 g/mol. The normalized spacial score (nSPS) is 17.9. The molecule has 8 heavy (non-hydrogen) atoms. The number of halogens is 2. The highest BCUT2D eigenvalue weighted by molar-refractivity contribution is 9.06. The highest BCUT2D eigenvalue weighted by Crippen LogP contribution is 2.50. The molecule has 7 heteroatoms. The minimum absolute atomic E-state index is 0.988. The van der Waals surface area contributed by atoms with Gasteiger partial charge in [0.25, 0.3) is 0 Å².